The molecule has 0 aromatic carbocycles. The van der Waals surface area contributed by atoms with Crippen LogP contribution < -0.4 is 0 Å². The summed E-state index contributed by atoms with van der Waals surface area (Å²) >= 11 is 0. The fraction of sp³-hybridized carbons (Fsp3) is 0.125. The number of rotatable bonds is 1. The van der Waals surface area contributed by atoms with Crippen LogP contribution in [0.5, 0.6) is 0 Å². The third-order valence-corrected chi connectivity index (χ3v) is 1.21. The van der Waals surface area contributed by atoms with E-state index in [1.54, 1.807) is 0 Å². The van der Waals surface area contributed by atoms with Crippen molar-refractivity contribution in [3.63, 3.8) is 0 Å². The van der Waals surface area contributed by atoms with Gasteiger partial charge in [0.15, 0.2) is 5.69 Å². The summed E-state index contributed by atoms with van der Waals surface area (Å²) in [5.74, 6) is 3.94. The first-order chi connectivity index (χ1) is 6.24. The van der Waals surface area contributed by atoms with Crippen molar-refractivity contribution in [3.8, 4) is 17.9 Å². The van der Waals surface area contributed by atoms with Crippen molar-refractivity contribution in [1.29, 1.82) is 5.26 Å². The van der Waals surface area contributed by atoms with Crippen molar-refractivity contribution in [2.24, 2.45) is 0 Å². The van der Waals surface area contributed by atoms with Gasteiger partial charge in [0.25, 0.3) is 0 Å². The Bertz CT molecular complexity index is 417. The van der Waals surface area contributed by atoms with Crippen LogP contribution in [0.3, 0.4) is 0 Å². The Morgan fingerprint density at radius 3 is 3.15 bits per heavy atom. The van der Waals surface area contributed by atoms with E-state index in [0.717, 1.165) is 0 Å². The Hall–Kier alpha value is -2.27. The van der Waals surface area contributed by atoms with Crippen LogP contribution in [0.25, 0.3) is 0 Å². The van der Waals surface area contributed by atoms with Crippen molar-refractivity contribution in [2.45, 2.75) is 6.42 Å². The molecule has 0 amide bonds. The minimum Gasteiger partial charge on any atom is -0.481 e. The molecule has 0 saturated heterocycles. The minimum atomic E-state index is -0.991. The van der Waals surface area contributed by atoms with E-state index in [1.807, 2.05) is 6.07 Å². The number of H-pyrrole nitrogens is 1. The molecule has 1 aromatic rings. The summed E-state index contributed by atoms with van der Waals surface area (Å²) < 4.78 is 0. The van der Waals surface area contributed by atoms with E-state index in [9.17, 15) is 4.79 Å². The average Bonchev–Trinajstić information content (AvgIpc) is 2.51. The molecule has 5 nitrogen and oxygen atoms in total. The van der Waals surface area contributed by atoms with E-state index in [-0.39, 0.29) is 12.1 Å². The van der Waals surface area contributed by atoms with Gasteiger partial charge in [-0.15, -0.1) is 0 Å². The maximum Gasteiger partial charge on any atom is 0.315 e. The van der Waals surface area contributed by atoms with Gasteiger partial charge in [-0.25, -0.2) is 0 Å². The lowest BCUT2D eigenvalue weighted by atomic mass is 10.2. The second kappa shape index (κ2) is 3.93. The monoisotopic (exact) mass is 175 g/mol. The van der Waals surface area contributed by atoms with Gasteiger partial charge in [-0.05, 0) is 0 Å². The fourth-order valence-electron chi connectivity index (χ4n) is 0.681. The third kappa shape index (κ3) is 2.35. The lowest BCUT2D eigenvalue weighted by Gasteiger charge is -1.80. The van der Waals surface area contributed by atoms with Crippen molar-refractivity contribution in [2.75, 3.05) is 0 Å². The van der Waals surface area contributed by atoms with E-state index >= 15 is 0 Å². The lowest BCUT2D eigenvalue weighted by molar-refractivity contribution is -0.135. The fourth-order valence-corrected chi connectivity index (χ4v) is 0.681. The van der Waals surface area contributed by atoms with Crippen molar-refractivity contribution in [1.82, 2.24) is 10.2 Å². The van der Waals surface area contributed by atoms with Gasteiger partial charge in [0.05, 0.1) is 11.8 Å². The first kappa shape index (κ1) is 8.82. The van der Waals surface area contributed by atoms with Gasteiger partial charge in [0, 0.05) is 0 Å². The molecule has 0 atom stereocenters. The molecule has 1 rings (SSSR count). The second-order valence-corrected chi connectivity index (χ2v) is 2.14. The number of nitrogens with zero attached hydrogens (tertiary/aromatic N) is 2. The number of carbonyl (C=O) groups is 1. The molecule has 0 aliphatic rings. The largest absolute Gasteiger partial charge is 0.481 e. The summed E-state index contributed by atoms with van der Waals surface area (Å²) in [6.45, 7) is 0. The predicted octanol–water partition coefficient (Wildman–Crippen LogP) is 0.108. The van der Waals surface area contributed by atoms with E-state index in [4.69, 9.17) is 10.4 Å². The molecule has 5 heteroatoms. The number of aromatic nitrogens is 2. The standard InChI is InChI=1S/C8H5N3O2/c9-4-7-6(5-10-11-7)2-1-3-8(12)13/h5H,3H2,(H,10,11)(H,12,13). The molecule has 0 fully saturated rings. The summed E-state index contributed by atoms with van der Waals surface area (Å²) in [4.78, 5) is 10.1. The molecule has 13 heavy (non-hydrogen) atoms. The molecular weight excluding hydrogens is 170 g/mol. The van der Waals surface area contributed by atoms with Gasteiger partial charge in [0.2, 0.25) is 0 Å². The predicted molar refractivity (Wildman–Crippen MR) is 42.4 cm³/mol. The number of carboxylic acids is 1. The molecule has 2 N–H and O–H groups in total. The molecule has 1 aromatic heterocycles. The quantitative estimate of drug-likeness (QED) is 0.592. The molecule has 0 aliphatic carbocycles. The summed E-state index contributed by atoms with van der Waals surface area (Å²) in [7, 11) is 0. The van der Waals surface area contributed by atoms with E-state index in [0.29, 0.717) is 5.56 Å². The highest BCUT2D eigenvalue weighted by Crippen LogP contribution is 1.99. The van der Waals surface area contributed by atoms with Crippen LogP contribution in [0.2, 0.25) is 0 Å². The lowest BCUT2D eigenvalue weighted by Crippen LogP contribution is -1.90. The second-order valence-electron chi connectivity index (χ2n) is 2.14. The molecule has 0 unspecified atom stereocenters. The van der Waals surface area contributed by atoms with Gasteiger partial charge in [-0.3, -0.25) is 9.89 Å². The Morgan fingerprint density at radius 1 is 1.77 bits per heavy atom. The molecule has 1 heterocycles. The number of nitriles is 1. The van der Waals surface area contributed by atoms with E-state index in [2.05, 4.69) is 22.0 Å². The summed E-state index contributed by atoms with van der Waals surface area (Å²) in [6.07, 6.45) is 1.14. The van der Waals surface area contributed by atoms with Crippen LogP contribution >= 0.6 is 0 Å². The Balaban J connectivity index is 2.78. The molecular formula is C8H5N3O2. The number of nitrogens with one attached hydrogen (secondary N) is 1. The van der Waals surface area contributed by atoms with Crippen LogP contribution in [0.1, 0.15) is 17.7 Å². The third-order valence-electron chi connectivity index (χ3n) is 1.21. The van der Waals surface area contributed by atoms with Gasteiger partial charge < -0.3 is 5.11 Å². The number of aliphatic carboxylic acids is 1. The highest BCUT2D eigenvalue weighted by molar-refractivity contribution is 5.70. The van der Waals surface area contributed by atoms with Crippen LogP contribution in [0, 0.1) is 23.2 Å². The number of carboxylic acid groups (broad SMARTS) is 1. The van der Waals surface area contributed by atoms with E-state index < -0.39 is 5.97 Å². The van der Waals surface area contributed by atoms with Crippen LogP contribution in [-0.2, 0) is 4.79 Å². The van der Waals surface area contributed by atoms with Gasteiger partial charge >= 0.3 is 5.97 Å². The molecule has 0 radical (unpaired) electrons. The number of aromatic amines is 1. The summed E-state index contributed by atoms with van der Waals surface area (Å²) in [6, 6.07) is 1.85. The van der Waals surface area contributed by atoms with Crippen LogP contribution in [-0.4, -0.2) is 21.3 Å². The Labute approximate surface area is 74.0 Å². The van der Waals surface area contributed by atoms with E-state index in [1.165, 1.54) is 6.20 Å². The van der Waals surface area contributed by atoms with Crippen molar-refractivity contribution >= 4 is 5.97 Å². The zero-order chi connectivity index (χ0) is 9.68. The van der Waals surface area contributed by atoms with Crippen molar-refractivity contribution < 1.29 is 9.90 Å². The Kier molecular flexibility index (Phi) is 2.67. The van der Waals surface area contributed by atoms with Gasteiger partial charge in [-0.2, -0.15) is 10.4 Å². The first-order valence-corrected chi connectivity index (χ1v) is 3.38. The topological polar surface area (TPSA) is 89.8 Å². The summed E-state index contributed by atoms with van der Waals surface area (Å²) in [5.41, 5.74) is 0.668. The maximum atomic E-state index is 10.1. The van der Waals surface area contributed by atoms with Crippen molar-refractivity contribution in [3.05, 3.63) is 17.5 Å². The minimum absolute atomic E-state index is 0.240. The number of hydrogen-bond donors (Lipinski definition) is 2. The van der Waals surface area contributed by atoms with Crippen LogP contribution in [0.4, 0.5) is 0 Å². The van der Waals surface area contributed by atoms with Gasteiger partial charge in [0.1, 0.15) is 12.5 Å². The average molecular weight is 175 g/mol. The number of hydrogen-bond acceptors (Lipinski definition) is 3. The molecule has 0 saturated carbocycles. The Morgan fingerprint density at radius 2 is 2.54 bits per heavy atom. The summed E-state index contributed by atoms with van der Waals surface area (Å²) in [5, 5.41) is 22.8. The molecule has 0 spiro atoms. The zero-order valence-electron chi connectivity index (χ0n) is 6.53. The first-order valence-electron chi connectivity index (χ1n) is 3.38. The van der Waals surface area contributed by atoms with Crippen LogP contribution in [0.15, 0.2) is 6.20 Å². The molecule has 0 aliphatic heterocycles. The zero-order valence-corrected chi connectivity index (χ0v) is 6.53. The smallest absolute Gasteiger partial charge is 0.315 e. The highest BCUT2D eigenvalue weighted by Gasteiger charge is 1.99. The maximum absolute atomic E-state index is 10.1. The van der Waals surface area contributed by atoms with Gasteiger partial charge in [-0.1, -0.05) is 11.8 Å². The highest BCUT2D eigenvalue weighted by atomic mass is 16.4. The normalized spacial score (nSPS) is 8.23. The molecule has 64 valence electrons. The SMILES string of the molecule is N#Cc1[nH]ncc1C#CCC(=O)O. The molecule has 0 bridgehead atoms.